The molecule has 1 amide bonds. The highest BCUT2D eigenvalue weighted by atomic mass is 32.1. The number of rotatable bonds is 9. The highest BCUT2D eigenvalue weighted by Crippen LogP contribution is 2.33. The number of carbonyl (C=O) groups excluding carboxylic acids is 1. The van der Waals surface area contributed by atoms with Crippen molar-refractivity contribution in [3.63, 3.8) is 0 Å². The van der Waals surface area contributed by atoms with Gasteiger partial charge in [-0.2, -0.15) is 0 Å². The van der Waals surface area contributed by atoms with Crippen molar-refractivity contribution in [1.29, 1.82) is 0 Å². The molecule has 0 aliphatic carbocycles. The van der Waals surface area contributed by atoms with E-state index in [1.54, 1.807) is 25.7 Å². The first-order chi connectivity index (χ1) is 12.5. The Hall–Kier alpha value is -2.61. The third kappa shape index (κ3) is 4.95. The van der Waals surface area contributed by atoms with Gasteiger partial charge >= 0.3 is 5.97 Å². The Morgan fingerprint density at radius 1 is 1.27 bits per heavy atom. The number of carboxylic acid groups (broad SMARTS) is 1. The van der Waals surface area contributed by atoms with E-state index in [9.17, 15) is 9.59 Å². The lowest BCUT2D eigenvalue weighted by molar-refractivity contribution is -0.141. The minimum Gasteiger partial charge on any atom is -0.493 e. The van der Waals surface area contributed by atoms with Crippen LogP contribution < -0.4 is 14.8 Å². The van der Waals surface area contributed by atoms with Crippen LogP contribution in [-0.4, -0.2) is 42.2 Å². The Morgan fingerprint density at radius 3 is 2.62 bits per heavy atom. The normalized spacial score (nSPS) is 11.7. The zero-order valence-electron chi connectivity index (χ0n) is 14.9. The van der Waals surface area contributed by atoms with Crippen LogP contribution in [0.2, 0.25) is 0 Å². The number of aromatic nitrogens is 1. The van der Waals surface area contributed by atoms with E-state index in [1.807, 2.05) is 19.1 Å². The van der Waals surface area contributed by atoms with Crippen LogP contribution in [0.1, 0.15) is 25.5 Å². The molecule has 2 aromatic rings. The minimum atomic E-state index is -1.02. The second-order valence-corrected chi connectivity index (χ2v) is 6.50. The van der Waals surface area contributed by atoms with Crippen molar-refractivity contribution in [2.24, 2.45) is 0 Å². The summed E-state index contributed by atoms with van der Waals surface area (Å²) in [5.41, 5.74) is 1.45. The lowest BCUT2D eigenvalue weighted by Crippen LogP contribution is -2.41. The van der Waals surface area contributed by atoms with Gasteiger partial charge in [0, 0.05) is 10.9 Å². The van der Waals surface area contributed by atoms with Crippen molar-refractivity contribution in [3.8, 4) is 22.1 Å². The molecular formula is C18H22N2O5S. The number of hydrogen-bond acceptors (Lipinski definition) is 6. The largest absolute Gasteiger partial charge is 0.493 e. The van der Waals surface area contributed by atoms with Gasteiger partial charge in [0.2, 0.25) is 5.91 Å². The van der Waals surface area contributed by atoms with Crippen LogP contribution in [0.5, 0.6) is 11.5 Å². The fourth-order valence-corrected chi connectivity index (χ4v) is 3.26. The number of carbonyl (C=O) groups is 2. The molecular weight excluding hydrogens is 356 g/mol. The van der Waals surface area contributed by atoms with Gasteiger partial charge in [0.05, 0.1) is 26.3 Å². The SMILES string of the molecule is CCCC(NC(=O)Cc1csc(-c2ccc(OC)c(OC)c2)n1)C(=O)O. The van der Waals surface area contributed by atoms with Crippen LogP contribution >= 0.6 is 11.3 Å². The van der Waals surface area contributed by atoms with Crippen LogP contribution in [0.25, 0.3) is 10.6 Å². The number of carboxylic acids is 1. The molecule has 1 unspecified atom stereocenters. The maximum Gasteiger partial charge on any atom is 0.326 e. The molecule has 0 fully saturated rings. The summed E-state index contributed by atoms with van der Waals surface area (Å²) >= 11 is 1.41. The van der Waals surface area contributed by atoms with Crippen LogP contribution in [0.4, 0.5) is 0 Å². The Morgan fingerprint density at radius 2 is 2.00 bits per heavy atom. The number of amides is 1. The number of thiazole rings is 1. The van der Waals surface area contributed by atoms with Gasteiger partial charge in [0.25, 0.3) is 0 Å². The molecule has 0 saturated heterocycles. The van der Waals surface area contributed by atoms with Crippen molar-refractivity contribution in [2.75, 3.05) is 14.2 Å². The number of methoxy groups -OCH3 is 2. The summed E-state index contributed by atoms with van der Waals surface area (Å²) in [6.07, 6.45) is 1.11. The number of nitrogens with zero attached hydrogens (tertiary/aromatic N) is 1. The zero-order valence-corrected chi connectivity index (χ0v) is 15.8. The van der Waals surface area contributed by atoms with Crippen molar-refractivity contribution in [1.82, 2.24) is 10.3 Å². The second kappa shape index (κ2) is 9.19. The van der Waals surface area contributed by atoms with E-state index < -0.39 is 12.0 Å². The fourth-order valence-electron chi connectivity index (χ4n) is 2.45. The van der Waals surface area contributed by atoms with E-state index in [-0.39, 0.29) is 12.3 Å². The lowest BCUT2D eigenvalue weighted by Gasteiger charge is -2.12. The van der Waals surface area contributed by atoms with Crippen molar-refractivity contribution in [2.45, 2.75) is 32.2 Å². The van der Waals surface area contributed by atoms with Crippen molar-refractivity contribution < 1.29 is 24.2 Å². The van der Waals surface area contributed by atoms with Gasteiger partial charge in [-0.3, -0.25) is 4.79 Å². The number of nitrogens with one attached hydrogen (secondary N) is 1. The molecule has 0 bridgehead atoms. The molecule has 8 heteroatoms. The van der Waals surface area contributed by atoms with Crippen LogP contribution in [0, 0.1) is 0 Å². The maximum atomic E-state index is 12.1. The summed E-state index contributed by atoms with van der Waals surface area (Å²) in [4.78, 5) is 27.7. The summed E-state index contributed by atoms with van der Waals surface area (Å²) in [6, 6.07) is 4.62. The van der Waals surface area contributed by atoms with Gasteiger partial charge in [-0.05, 0) is 24.6 Å². The van der Waals surface area contributed by atoms with E-state index in [4.69, 9.17) is 14.6 Å². The van der Waals surface area contributed by atoms with Gasteiger partial charge in [-0.1, -0.05) is 13.3 Å². The van der Waals surface area contributed by atoms with Crippen LogP contribution in [0.3, 0.4) is 0 Å². The first-order valence-electron chi connectivity index (χ1n) is 8.17. The van der Waals surface area contributed by atoms with Crippen molar-refractivity contribution >= 4 is 23.2 Å². The molecule has 1 aromatic carbocycles. The summed E-state index contributed by atoms with van der Waals surface area (Å²) < 4.78 is 10.5. The van der Waals surface area contributed by atoms with E-state index >= 15 is 0 Å². The van der Waals surface area contributed by atoms with Gasteiger partial charge in [0.15, 0.2) is 11.5 Å². The lowest BCUT2D eigenvalue weighted by atomic mass is 10.1. The van der Waals surface area contributed by atoms with Gasteiger partial charge in [-0.15, -0.1) is 11.3 Å². The summed E-state index contributed by atoms with van der Waals surface area (Å²) in [6.45, 7) is 1.87. The minimum absolute atomic E-state index is 0.0390. The molecule has 0 saturated carbocycles. The second-order valence-electron chi connectivity index (χ2n) is 5.64. The molecule has 26 heavy (non-hydrogen) atoms. The molecule has 0 aliphatic heterocycles. The van der Waals surface area contributed by atoms with Crippen LogP contribution in [0.15, 0.2) is 23.6 Å². The Labute approximate surface area is 156 Å². The van der Waals surface area contributed by atoms with E-state index in [0.29, 0.717) is 30.0 Å². The number of benzene rings is 1. The summed E-state index contributed by atoms with van der Waals surface area (Å²) in [7, 11) is 3.13. The third-order valence-electron chi connectivity index (χ3n) is 3.73. The molecule has 7 nitrogen and oxygen atoms in total. The summed E-state index contributed by atoms with van der Waals surface area (Å²) in [5.74, 6) is -0.147. The maximum absolute atomic E-state index is 12.1. The number of ether oxygens (including phenoxy) is 2. The molecule has 0 aliphatic rings. The predicted molar refractivity (Wildman–Crippen MR) is 98.8 cm³/mol. The van der Waals surface area contributed by atoms with Gasteiger partial charge in [0.1, 0.15) is 11.0 Å². The highest BCUT2D eigenvalue weighted by Gasteiger charge is 2.19. The standard InChI is InChI=1S/C18H22N2O5S/c1-4-5-13(18(22)23)20-16(21)9-12-10-26-17(19-12)11-6-7-14(24-2)15(8-11)25-3/h6-8,10,13H,4-5,9H2,1-3H3,(H,20,21)(H,22,23). The smallest absolute Gasteiger partial charge is 0.326 e. The molecule has 140 valence electrons. The Bertz CT molecular complexity index is 775. The molecule has 1 atom stereocenters. The molecule has 2 rings (SSSR count). The zero-order chi connectivity index (χ0) is 19.1. The quantitative estimate of drug-likeness (QED) is 0.696. The molecule has 0 spiro atoms. The van der Waals surface area contributed by atoms with Gasteiger partial charge < -0.3 is 19.9 Å². The van der Waals surface area contributed by atoms with E-state index in [1.165, 1.54) is 11.3 Å². The molecule has 1 heterocycles. The third-order valence-corrected chi connectivity index (χ3v) is 4.67. The number of aliphatic carboxylic acids is 1. The van der Waals surface area contributed by atoms with Crippen molar-refractivity contribution in [3.05, 3.63) is 29.3 Å². The highest BCUT2D eigenvalue weighted by molar-refractivity contribution is 7.13. The average Bonchev–Trinajstić information content (AvgIpc) is 3.08. The first-order valence-corrected chi connectivity index (χ1v) is 9.05. The topological polar surface area (TPSA) is 97.8 Å². The summed E-state index contributed by atoms with van der Waals surface area (Å²) in [5, 5.41) is 14.2. The Kier molecular flexibility index (Phi) is 6.97. The van der Waals surface area contributed by atoms with E-state index in [0.717, 1.165) is 10.6 Å². The molecule has 0 radical (unpaired) electrons. The van der Waals surface area contributed by atoms with Gasteiger partial charge in [-0.25, -0.2) is 9.78 Å². The first kappa shape index (κ1) is 19.7. The molecule has 2 N–H and O–H groups in total. The van der Waals surface area contributed by atoms with Crippen LogP contribution in [-0.2, 0) is 16.0 Å². The van der Waals surface area contributed by atoms with E-state index in [2.05, 4.69) is 10.3 Å². The molecule has 1 aromatic heterocycles. The average molecular weight is 378 g/mol. The number of hydrogen-bond donors (Lipinski definition) is 2. The monoisotopic (exact) mass is 378 g/mol. The fraction of sp³-hybridized carbons (Fsp3) is 0.389. The predicted octanol–water partition coefficient (Wildman–Crippen LogP) is 2.74. The Balaban J connectivity index is 2.08.